The molecule has 1 aliphatic heterocycles. The minimum absolute atomic E-state index is 0.0210. The van der Waals surface area contributed by atoms with Crippen molar-refractivity contribution in [1.82, 2.24) is 24.7 Å². The third-order valence-corrected chi connectivity index (χ3v) is 6.93. The van der Waals surface area contributed by atoms with Crippen molar-refractivity contribution in [3.05, 3.63) is 64.7 Å². The number of hydrogen-bond donors (Lipinski definition) is 1. The fraction of sp³-hybridized carbons (Fsp3) is 0.385. The normalized spacial score (nSPS) is 15.9. The van der Waals surface area contributed by atoms with Crippen LogP contribution in [0.2, 0.25) is 0 Å². The van der Waals surface area contributed by atoms with Gasteiger partial charge in [0.25, 0.3) is 0 Å². The molecule has 0 unspecified atom stereocenters. The van der Waals surface area contributed by atoms with Gasteiger partial charge in [0.1, 0.15) is 11.6 Å². The molecule has 0 bridgehead atoms. The molecule has 0 amide bonds. The zero-order valence-corrected chi connectivity index (χ0v) is 20.3. The molecule has 0 atom stereocenters. The summed E-state index contributed by atoms with van der Waals surface area (Å²) in [5.41, 5.74) is 3.20. The molecule has 10 heteroatoms. The van der Waals surface area contributed by atoms with E-state index in [-0.39, 0.29) is 17.4 Å². The lowest BCUT2D eigenvalue weighted by atomic mass is 9.93. The molecule has 1 N–H and O–H groups in total. The summed E-state index contributed by atoms with van der Waals surface area (Å²) in [5, 5.41) is 20.8. The number of rotatable bonds is 8. The predicted octanol–water partition coefficient (Wildman–Crippen LogP) is 4.80. The van der Waals surface area contributed by atoms with Gasteiger partial charge >= 0.3 is 0 Å². The first-order chi connectivity index (χ1) is 17.4. The zero-order valence-electron chi connectivity index (χ0n) is 20.3. The maximum absolute atomic E-state index is 10.9. The molecule has 1 aromatic carbocycles. The third kappa shape index (κ3) is 4.34. The molecule has 6 rings (SSSR count). The van der Waals surface area contributed by atoms with Crippen LogP contribution >= 0.6 is 0 Å². The maximum Gasteiger partial charge on any atom is 0.210 e. The van der Waals surface area contributed by atoms with Crippen LogP contribution in [0, 0.1) is 16.0 Å². The van der Waals surface area contributed by atoms with Crippen molar-refractivity contribution >= 4 is 28.1 Å². The number of fused-ring (bicyclic) bond motifs is 1. The highest BCUT2D eigenvalue weighted by Gasteiger charge is 2.32. The number of nitrogens with zero attached hydrogens (tertiary/aromatic N) is 7. The Morgan fingerprint density at radius 1 is 1.11 bits per heavy atom. The van der Waals surface area contributed by atoms with Crippen LogP contribution in [0.1, 0.15) is 44.2 Å². The van der Waals surface area contributed by atoms with Crippen LogP contribution in [-0.2, 0) is 0 Å². The highest BCUT2D eigenvalue weighted by atomic mass is 16.6. The average Bonchev–Trinajstić information content (AvgIpc) is 3.56. The quantitative estimate of drug-likeness (QED) is 0.280. The van der Waals surface area contributed by atoms with Gasteiger partial charge in [0.15, 0.2) is 5.82 Å². The van der Waals surface area contributed by atoms with Gasteiger partial charge in [-0.15, -0.1) is 0 Å². The molecule has 0 radical (unpaired) electrons. The number of nitrogens with one attached hydrogen (secondary N) is 1. The van der Waals surface area contributed by atoms with Gasteiger partial charge in [-0.25, -0.2) is 15.0 Å². The Hall–Kier alpha value is -4.08. The van der Waals surface area contributed by atoms with Crippen molar-refractivity contribution in [3.8, 4) is 11.4 Å². The summed E-state index contributed by atoms with van der Waals surface area (Å²) in [6.07, 6.45) is 9.80. The van der Waals surface area contributed by atoms with E-state index in [4.69, 9.17) is 4.98 Å². The van der Waals surface area contributed by atoms with E-state index in [0.717, 1.165) is 22.0 Å². The van der Waals surface area contributed by atoms with Crippen molar-refractivity contribution in [2.24, 2.45) is 5.92 Å². The summed E-state index contributed by atoms with van der Waals surface area (Å²) in [6, 6.07) is 8.68. The highest BCUT2D eigenvalue weighted by molar-refractivity contribution is 5.98. The van der Waals surface area contributed by atoms with E-state index in [1.54, 1.807) is 6.20 Å². The van der Waals surface area contributed by atoms with E-state index in [1.807, 2.05) is 29.3 Å². The SMILES string of the molecule is CC(C)c1ccc(N2CC(C[N+](=O)[O-])C2)c2cnc(Nc3ccnc(-c4cnn(C5CC5)c4)n3)cc12. The van der Waals surface area contributed by atoms with Gasteiger partial charge < -0.3 is 10.2 Å². The van der Waals surface area contributed by atoms with E-state index < -0.39 is 0 Å². The standard InChI is InChI=1S/C26H28N8O2/c1-16(2)20-5-6-23(32-12-17(13-32)14-34(35)36)22-11-28-25(9-21(20)22)30-24-7-8-27-26(31-24)18-10-29-33(15-18)19-3-4-19/h5-11,15-17,19H,3-4,12-14H2,1-2H3,(H,27,28,30,31). The second-order valence-electron chi connectivity index (χ2n) is 10.1. The van der Waals surface area contributed by atoms with Gasteiger partial charge in [-0.1, -0.05) is 19.9 Å². The van der Waals surface area contributed by atoms with Crippen LogP contribution in [-0.4, -0.2) is 49.3 Å². The first kappa shape index (κ1) is 22.4. The van der Waals surface area contributed by atoms with Crippen LogP contribution in [0.15, 0.2) is 49.1 Å². The molecule has 4 heterocycles. The second kappa shape index (κ2) is 8.85. The summed E-state index contributed by atoms with van der Waals surface area (Å²) in [4.78, 5) is 26.6. The summed E-state index contributed by atoms with van der Waals surface area (Å²) in [5.74, 6) is 2.43. The smallest absolute Gasteiger partial charge is 0.210 e. The molecule has 1 aliphatic carbocycles. The van der Waals surface area contributed by atoms with Gasteiger partial charge in [-0.2, -0.15) is 5.10 Å². The number of pyridine rings is 1. The Morgan fingerprint density at radius 2 is 1.94 bits per heavy atom. The van der Waals surface area contributed by atoms with E-state index >= 15 is 0 Å². The molecular weight excluding hydrogens is 456 g/mol. The average molecular weight is 485 g/mol. The van der Waals surface area contributed by atoms with Gasteiger partial charge in [0.2, 0.25) is 6.54 Å². The predicted molar refractivity (Wildman–Crippen MR) is 138 cm³/mol. The van der Waals surface area contributed by atoms with E-state index in [2.05, 4.69) is 57.3 Å². The Balaban J connectivity index is 1.27. The fourth-order valence-electron chi connectivity index (χ4n) is 4.88. The van der Waals surface area contributed by atoms with E-state index in [9.17, 15) is 10.1 Å². The lowest BCUT2D eigenvalue weighted by Gasteiger charge is -2.39. The van der Waals surface area contributed by atoms with Crippen molar-refractivity contribution in [2.75, 3.05) is 29.9 Å². The van der Waals surface area contributed by atoms with Crippen LogP contribution in [0.3, 0.4) is 0 Å². The molecule has 10 nitrogen and oxygen atoms in total. The monoisotopic (exact) mass is 484 g/mol. The molecule has 0 spiro atoms. The summed E-state index contributed by atoms with van der Waals surface area (Å²) < 4.78 is 1.99. The molecule has 4 aromatic rings. The number of benzene rings is 1. The maximum atomic E-state index is 10.9. The lowest BCUT2D eigenvalue weighted by molar-refractivity contribution is -0.488. The molecule has 2 aliphatic rings. The largest absolute Gasteiger partial charge is 0.370 e. The van der Waals surface area contributed by atoms with Crippen molar-refractivity contribution in [2.45, 2.75) is 38.6 Å². The molecule has 1 saturated carbocycles. The van der Waals surface area contributed by atoms with Crippen LogP contribution in [0.25, 0.3) is 22.2 Å². The van der Waals surface area contributed by atoms with Gasteiger partial charge in [0, 0.05) is 47.7 Å². The minimum Gasteiger partial charge on any atom is -0.370 e. The van der Waals surface area contributed by atoms with Crippen molar-refractivity contribution in [3.63, 3.8) is 0 Å². The third-order valence-electron chi connectivity index (χ3n) is 6.93. The Morgan fingerprint density at radius 3 is 2.69 bits per heavy atom. The lowest BCUT2D eigenvalue weighted by Crippen LogP contribution is -2.49. The van der Waals surface area contributed by atoms with Crippen LogP contribution in [0.5, 0.6) is 0 Å². The van der Waals surface area contributed by atoms with Crippen LogP contribution in [0.4, 0.5) is 17.3 Å². The fourth-order valence-corrected chi connectivity index (χ4v) is 4.88. The molecule has 1 saturated heterocycles. The second-order valence-corrected chi connectivity index (χ2v) is 10.1. The molecular formula is C26H28N8O2. The van der Waals surface area contributed by atoms with Crippen molar-refractivity contribution < 1.29 is 4.92 Å². The number of nitro groups is 1. The highest BCUT2D eigenvalue weighted by Crippen LogP contribution is 2.37. The Labute approximate surface area is 208 Å². The first-order valence-electron chi connectivity index (χ1n) is 12.4. The Kier molecular flexibility index (Phi) is 5.50. The summed E-state index contributed by atoms with van der Waals surface area (Å²) in [7, 11) is 0. The first-order valence-corrected chi connectivity index (χ1v) is 12.4. The van der Waals surface area contributed by atoms with Gasteiger partial charge in [0.05, 0.1) is 23.7 Å². The molecule has 2 fully saturated rings. The Bertz CT molecular complexity index is 1440. The van der Waals surface area contributed by atoms with Crippen molar-refractivity contribution in [1.29, 1.82) is 0 Å². The topological polar surface area (TPSA) is 115 Å². The summed E-state index contributed by atoms with van der Waals surface area (Å²) >= 11 is 0. The number of hydrogen-bond acceptors (Lipinski definition) is 8. The zero-order chi connectivity index (χ0) is 24.8. The van der Waals surface area contributed by atoms with E-state index in [0.29, 0.717) is 42.5 Å². The molecule has 184 valence electrons. The van der Waals surface area contributed by atoms with E-state index in [1.165, 1.54) is 18.4 Å². The van der Waals surface area contributed by atoms with Crippen LogP contribution < -0.4 is 10.2 Å². The minimum atomic E-state index is -0.223. The number of anilines is 3. The van der Waals surface area contributed by atoms with Gasteiger partial charge in [-0.3, -0.25) is 14.8 Å². The van der Waals surface area contributed by atoms with Gasteiger partial charge in [-0.05, 0) is 47.9 Å². The number of aromatic nitrogens is 5. The summed E-state index contributed by atoms with van der Waals surface area (Å²) in [6.45, 7) is 5.76. The molecule has 36 heavy (non-hydrogen) atoms. The molecule has 3 aromatic heterocycles.